The van der Waals surface area contributed by atoms with Crippen LogP contribution in [0.2, 0.25) is 0 Å². The summed E-state index contributed by atoms with van der Waals surface area (Å²) in [4.78, 5) is 24.6. The molecule has 0 heterocycles. The molecule has 0 spiro atoms. The third-order valence-electron chi connectivity index (χ3n) is 19.3. The maximum atomic E-state index is 12.5. The maximum Gasteiger partial charge on any atom is 0.305 e. The number of esters is 1. The number of rotatable bonds is 78. The number of aliphatic hydroxyl groups is 2. The van der Waals surface area contributed by atoms with E-state index in [9.17, 15) is 19.8 Å². The van der Waals surface area contributed by atoms with Gasteiger partial charge in [-0.3, -0.25) is 9.59 Å². The van der Waals surface area contributed by atoms with Crippen molar-refractivity contribution in [2.24, 2.45) is 0 Å². The van der Waals surface area contributed by atoms with E-state index in [0.717, 1.165) is 57.8 Å². The highest BCUT2D eigenvalue weighted by molar-refractivity contribution is 5.76. The first kappa shape index (κ1) is 89.6. The number of allylic oxidation sites excluding steroid dienone is 9. The molecule has 0 radical (unpaired) electrons. The van der Waals surface area contributed by atoms with Crippen LogP contribution in [0.5, 0.6) is 0 Å². The Morgan fingerprint density at radius 3 is 0.848 bits per heavy atom. The van der Waals surface area contributed by atoms with Gasteiger partial charge in [-0.15, -0.1) is 0 Å². The highest BCUT2D eigenvalue weighted by Crippen LogP contribution is 2.20. The molecule has 0 aromatic rings. The maximum absolute atomic E-state index is 12.5. The van der Waals surface area contributed by atoms with Gasteiger partial charge in [-0.25, -0.2) is 0 Å². The van der Waals surface area contributed by atoms with Gasteiger partial charge in [0.25, 0.3) is 0 Å². The van der Waals surface area contributed by atoms with E-state index in [4.69, 9.17) is 4.74 Å². The molecule has 2 atom stereocenters. The lowest BCUT2D eigenvalue weighted by Crippen LogP contribution is -2.45. The number of hydrogen-bond donors (Lipinski definition) is 3. The summed E-state index contributed by atoms with van der Waals surface area (Å²) in [6, 6.07) is -0.627. The number of carbonyl (C=O) groups is 2. The fraction of sp³-hybridized carbons (Fsp3) is 0.860. The highest BCUT2D eigenvalue weighted by atomic mass is 16.5. The smallest absolute Gasteiger partial charge is 0.305 e. The van der Waals surface area contributed by atoms with Crippen LogP contribution in [0.1, 0.15) is 450 Å². The second-order valence-electron chi connectivity index (χ2n) is 28.4. The molecule has 6 heteroatoms. The second kappa shape index (κ2) is 81.0. The summed E-state index contributed by atoms with van der Waals surface area (Å²) < 4.78 is 5.49. The first-order valence-corrected chi connectivity index (χ1v) is 41.6. The first-order chi connectivity index (χ1) is 45.5. The van der Waals surface area contributed by atoms with Crippen LogP contribution in [0.15, 0.2) is 60.8 Å². The third-order valence-corrected chi connectivity index (χ3v) is 19.3. The number of amides is 1. The fourth-order valence-corrected chi connectivity index (χ4v) is 12.9. The van der Waals surface area contributed by atoms with Crippen LogP contribution in [0.3, 0.4) is 0 Å². The topological polar surface area (TPSA) is 95.9 Å². The van der Waals surface area contributed by atoms with E-state index in [1.165, 1.54) is 366 Å². The minimum Gasteiger partial charge on any atom is -0.466 e. The zero-order valence-electron chi connectivity index (χ0n) is 62.0. The van der Waals surface area contributed by atoms with E-state index in [2.05, 4.69) is 67.8 Å². The lowest BCUT2D eigenvalue weighted by atomic mass is 10.0. The van der Waals surface area contributed by atoms with Crippen molar-refractivity contribution in [3.05, 3.63) is 60.8 Å². The average molecular weight is 1290 g/mol. The lowest BCUT2D eigenvalue weighted by molar-refractivity contribution is -0.143. The van der Waals surface area contributed by atoms with Gasteiger partial charge in [-0.1, -0.05) is 402 Å². The number of ether oxygens (including phenoxy) is 1. The van der Waals surface area contributed by atoms with Gasteiger partial charge in [0.15, 0.2) is 0 Å². The molecular weight excluding hydrogens is 1130 g/mol. The molecular formula is C86H161NO5. The molecule has 0 aliphatic carbocycles. The van der Waals surface area contributed by atoms with E-state index in [1.54, 1.807) is 6.08 Å². The normalized spacial score (nSPS) is 12.8. The van der Waals surface area contributed by atoms with Gasteiger partial charge in [0.1, 0.15) is 0 Å². The van der Waals surface area contributed by atoms with E-state index in [1.807, 2.05) is 6.08 Å². The first-order valence-electron chi connectivity index (χ1n) is 41.6. The molecule has 2 unspecified atom stereocenters. The van der Waals surface area contributed by atoms with Crippen molar-refractivity contribution in [2.75, 3.05) is 13.2 Å². The Balaban J connectivity index is 3.38. The van der Waals surface area contributed by atoms with Crippen LogP contribution in [0.4, 0.5) is 0 Å². The molecule has 0 fully saturated rings. The van der Waals surface area contributed by atoms with Gasteiger partial charge >= 0.3 is 5.97 Å². The molecule has 540 valence electrons. The van der Waals surface area contributed by atoms with Gasteiger partial charge in [0.05, 0.1) is 25.4 Å². The minimum atomic E-state index is -0.844. The molecule has 1 amide bonds. The van der Waals surface area contributed by atoms with Crippen LogP contribution in [-0.4, -0.2) is 47.4 Å². The van der Waals surface area contributed by atoms with Crippen molar-refractivity contribution >= 4 is 11.9 Å². The Morgan fingerprint density at radius 2 is 0.543 bits per heavy atom. The Bertz CT molecular complexity index is 1580. The number of unbranched alkanes of at least 4 members (excludes halogenated alkanes) is 59. The van der Waals surface area contributed by atoms with Gasteiger partial charge in [0.2, 0.25) is 5.91 Å². The Kier molecular flexibility index (Phi) is 78.8. The van der Waals surface area contributed by atoms with Crippen molar-refractivity contribution in [1.29, 1.82) is 0 Å². The Morgan fingerprint density at radius 1 is 0.304 bits per heavy atom. The van der Waals surface area contributed by atoms with Crippen molar-refractivity contribution in [1.82, 2.24) is 5.32 Å². The van der Waals surface area contributed by atoms with E-state index in [-0.39, 0.29) is 18.5 Å². The van der Waals surface area contributed by atoms with E-state index < -0.39 is 12.1 Å². The Labute approximate surface area is 575 Å². The molecule has 3 N–H and O–H groups in total. The number of nitrogens with one attached hydrogen (secondary N) is 1. The molecule has 0 aromatic carbocycles. The van der Waals surface area contributed by atoms with Crippen LogP contribution in [0.25, 0.3) is 0 Å². The minimum absolute atomic E-state index is 0.00632. The van der Waals surface area contributed by atoms with Crippen molar-refractivity contribution < 1.29 is 24.5 Å². The molecule has 92 heavy (non-hydrogen) atoms. The van der Waals surface area contributed by atoms with E-state index >= 15 is 0 Å². The standard InChI is InChI=1S/C86H161NO5/c1-3-5-7-9-11-13-15-17-19-20-21-41-44-47-51-54-58-62-66-70-74-78-84(89)83(82-88)87-85(90)79-75-71-67-63-59-55-52-48-45-42-39-37-35-33-31-29-27-25-23-22-24-26-28-30-32-34-36-38-40-43-46-49-53-57-61-65-69-73-77-81-92-86(91)80-76-72-68-64-60-56-50-18-16-14-12-10-8-6-4-2/h12,14,18,22-23,26,28,50,74,78,83-84,88-89H,3-11,13,15-17,19-21,24-25,27,29-49,51-73,75-77,79-82H2,1-2H3,(H,87,90)/b14-12-,23-22-,28-26-,50-18-,78-74+. The molecule has 0 saturated heterocycles. The van der Waals surface area contributed by atoms with Crippen molar-refractivity contribution in [2.45, 2.75) is 463 Å². The van der Waals surface area contributed by atoms with Crippen molar-refractivity contribution in [3.8, 4) is 0 Å². The van der Waals surface area contributed by atoms with Crippen LogP contribution in [0, 0.1) is 0 Å². The summed E-state index contributed by atoms with van der Waals surface area (Å²) in [6.07, 6.45) is 109. The highest BCUT2D eigenvalue weighted by Gasteiger charge is 2.18. The number of hydrogen-bond acceptors (Lipinski definition) is 5. The molecule has 0 aliphatic rings. The predicted octanol–water partition coefficient (Wildman–Crippen LogP) is 27.7. The van der Waals surface area contributed by atoms with Crippen molar-refractivity contribution in [3.63, 3.8) is 0 Å². The lowest BCUT2D eigenvalue weighted by Gasteiger charge is -2.20. The summed E-state index contributed by atoms with van der Waals surface area (Å²) in [5, 5.41) is 23.3. The molecule has 0 aromatic heterocycles. The quantitative estimate of drug-likeness (QED) is 0.0320. The zero-order valence-corrected chi connectivity index (χ0v) is 62.0. The van der Waals surface area contributed by atoms with E-state index in [0.29, 0.717) is 19.4 Å². The van der Waals surface area contributed by atoms with Gasteiger partial charge in [0, 0.05) is 12.8 Å². The molecule has 0 aliphatic heterocycles. The van der Waals surface area contributed by atoms with Gasteiger partial charge in [-0.2, -0.15) is 0 Å². The third kappa shape index (κ3) is 76.6. The summed E-state index contributed by atoms with van der Waals surface area (Å²) in [6.45, 7) is 4.91. The summed E-state index contributed by atoms with van der Waals surface area (Å²) in [7, 11) is 0. The van der Waals surface area contributed by atoms with Gasteiger partial charge < -0.3 is 20.3 Å². The van der Waals surface area contributed by atoms with Crippen LogP contribution < -0.4 is 5.32 Å². The van der Waals surface area contributed by atoms with Crippen LogP contribution >= 0.6 is 0 Å². The molecule has 0 rings (SSSR count). The van der Waals surface area contributed by atoms with Crippen LogP contribution in [-0.2, 0) is 14.3 Å². The predicted molar refractivity (Wildman–Crippen MR) is 407 cm³/mol. The summed E-state index contributed by atoms with van der Waals surface area (Å²) >= 11 is 0. The molecule has 0 bridgehead atoms. The SMILES string of the molecule is CCCCC/C=C\C/C=C\CCCCCCCC(=O)OCCCCCCCCCCCCCCCCC/C=C\C/C=C\CCCCCCCCCCCCCCCCCCCC(=O)NC(CO)C(O)/C=C/CCCCCCCCCCCCCCCCCCCCC. The zero-order chi connectivity index (χ0) is 66.3. The summed E-state index contributed by atoms with van der Waals surface area (Å²) in [5.41, 5.74) is 0. The summed E-state index contributed by atoms with van der Waals surface area (Å²) in [5.74, 6) is -0.0545. The monoisotopic (exact) mass is 1290 g/mol. The Hall–Kier alpha value is -2.44. The second-order valence-corrected chi connectivity index (χ2v) is 28.4. The molecule has 6 nitrogen and oxygen atoms in total. The van der Waals surface area contributed by atoms with Gasteiger partial charge in [-0.05, 0) is 96.3 Å². The average Bonchev–Trinajstić information content (AvgIpc) is 3.76. The molecule has 0 saturated carbocycles. The largest absolute Gasteiger partial charge is 0.466 e. The number of aliphatic hydroxyl groups excluding tert-OH is 2. The fourth-order valence-electron chi connectivity index (χ4n) is 12.9. The number of carbonyl (C=O) groups excluding carboxylic acids is 2.